The molecule has 3 nitrogen and oxygen atoms in total. The molecule has 4 heteroatoms. The molecule has 0 aliphatic rings. The zero-order valence-electron chi connectivity index (χ0n) is 10.0. The average molecular weight is 227 g/mol. The molecule has 0 saturated carbocycles. The molecule has 0 amide bonds. The third-order valence-corrected chi connectivity index (χ3v) is 3.31. The summed E-state index contributed by atoms with van der Waals surface area (Å²) in [5.41, 5.74) is 6.93. The summed E-state index contributed by atoms with van der Waals surface area (Å²) in [6.07, 6.45) is 0. The topological polar surface area (TPSA) is 42.1 Å². The van der Waals surface area contributed by atoms with Gasteiger partial charge in [-0.15, -0.1) is 11.3 Å². The Morgan fingerprint density at radius 3 is 2.60 bits per heavy atom. The second-order valence-electron chi connectivity index (χ2n) is 4.49. The molecule has 15 heavy (non-hydrogen) atoms. The van der Waals surface area contributed by atoms with Crippen molar-refractivity contribution in [3.05, 3.63) is 16.1 Å². The number of hydrogen-bond donors (Lipinski definition) is 1. The van der Waals surface area contributed by atoms with Gasteiger partial charge in [0.15, 0.2) is 0 Å². The molecular weight excluding hydrogens is 206 g/mol. The van der Waals surface area contributed by atoms with E-state index in [2.05, 4.69) is 43.2 Å². The van der Waals surface area contributed by atoms with Crippen LogP contribution < -0.4 is 5.73 Å². The molecule has 0 bridgehead atoms. The Morgan fingerprint density at radius 1 is 1.47 bits per heavy atom. The van der Waals surface area contributed by atoms with Crippen molar-refractivity contribution in [1.82, 2.24) is 9.88 Å². The number of thiazole rings is 1. The highest BCUT2D eigenvalue weighted by molar-refractivity contribution is 7.09. The standard InChI is InChI=1S/C11H21N3S/c1-8(2)9(5-12)10-7-15-11(13-10)6-14(3)4/h7-9H,5-6,12H2,1-4H3. The smallest absolute Gasteiger partial charge is 0.107 e. The van der Waals surface area contributed by atoms with E-state index < -0.39 is 0 Å². The van der Waals surface area contributed by atoms with E-state index in [0.717, 1.165) is 12.2 Å². The molecule has 0 saturated heterocycles. The number of aromatic nitrogens is 1. The Balaban J connectivity index is 2.73. The lowest BCUT2D eigenvalue weighted by Gasteiger charge is -2.16. The van der Waals surface area contributed by atoms with Gasteiger partial charge in [0.2, 0.25) is 0 Å². The van der Waals surface area contributed by atoms with E-state index in [-0.39, 0.29) is 0 Å². The summed E-state index contributed by atoms with van der Waals surface area (Å²) in [5.74, 6) is 0.960. The highest BCUT2D eigenvalue weighted by Gasteiger charge is 2.17. The molecule has 86 valence electrons. The van der Waals surface area contributed by atoms with E-state index in [1.54, 1.807) is 11.3 Å². The van der Waals surface area contributed by atoms with Gasteiger partial charge in [0.05, 0.1) is 5.69 Å². The number of nitrogens with zero attached hydrogens (tertiary/aromatic N) is 2. The fourth-order valence-corrected chi connectivity index (χ4v) is 2.55. The average Bonchev–Trinajstić information content (AvgIpc) is 2.52. The molecule has 1 aromatic rings. The Labute approximate surface area is 96.3 Å². The van der Waals surface area contributed by atoms with Crippen LogP contribution >= 0.6 is 11.3 Å². The van der Waals surface area contributed by atoms with Gasteiger partial charge in [-0.25, -0.2) is 4.98 Å². The summed E-state index contributed by atoms with van der Waals surface area (Å²) in [6.45, 7) is 5.99. The summed E-state index contributed by atoms with van der Waals surface area (Å²) in [4.78, 5) is 6.77. The first-order valence-corrected chi connectivity index (χ1v) is 6.21. The predicted molar refractivity (Wildman–Crippen MR) is 66.1 cm³/mol. The van der Waals surface area contributed by atoms with Gasteiger partial charge in [-0.3, -0.25) is 0 Å². The first-order chi connectivity index (χ1) is 7.04. The van der Waals surface area contributed by atoms with Crippen LogP contribution in [0.5, 0.6) is 0 Å². The van der Waals surface area contributed by atoms with Crippen LogP contribution in [0, 0.1) is 5.92 Å². The van der Waals surface area contributed by atoms with E-state index in [4.69, 9.17) is 5.73 Å². The van der Waals surface area contributed by atoms with Crippen molar-refractivity contribution in [1.29, 1.82) is 0 Å². The molecule has 0 radical (unpaired) electrons. The third-order valence-electron chi connectivity index (χ3n) is 2.46. The van der Waals surface area contributed by atoms with Crippen LogP contribution in [0.4, 0.5) is 0 Å². The van der Waals surface area contributed by atoms with Crippen LogP contribution in [0.3, 0.4) is 0 Å². The van der Waals surface area contributed by atoms with Crippen molar-refractivity contribution in [2.24, 2.45) is 11.7 Å². The Bertz CT molecular complexity index is 294. The Hall–Kier alpha value is -0.450. The van der Waals surface area contributed by atoms with Gasteiger partial charge in [0, 0.05) is 24.4 Å². The van der Waals surface area contributed by atoms with Crippen molar-refractivity contribution < 1.29 is 0 Å². The van der Waals surface area contributed by atoms with E-state index in [1.807, 2.05) is 0 Å². The maximum atomic E-state index is 5.77. The maximum Gasteiger partial charge on any atom is 0.107 e. The predicted octanol–water partition coefficient (Wildman–Crippen LogP) is 1.90. The molecule has 2 N–H and O–H groups in total. The Morgan fingerprint density at radius 2 is 2.13 bits per heavy atom. The van der Waals surface area contributed by atoms with Gasteiger partial charge in [-0.2, -0.15) is 0 Å². The normalized spacial score (nSPS) is 13.8. The third kappa shape index (κ3) is 3.55. The minimum Gasteiger partial charge on any atom is -0.330 e. The summed E-state index contributed by atoms with van der Waals surface area (Å²) in [5, 5.41) is 3.32. The van der Waals surface area contributed by atoms with Crippen LogP contribution in [-0.4, -0.2) is 30.5 Å². The van der Waals surface area contributed by atoms with Gasteiger partial charge in [-0.05, 0) is 20.0 Å². The van der Waals surface area contributed by atoms with Crippen LogP contribution in [0.25, 0.3) is 0 Å². The lowest BCUT2D eigenvalue weighted by Crippen LogP contribution is -2.18. The molecule has 0 aliphatic carbocycles. The zero-order chi connectivity index (χ0) is 11.4. The van der Waals surface area contributed by atoms with Gasteiger partial charge < -0.3 is 10.6 Å². The molecule has 1 unspecified atom stereocenters. The van der Waals surface area contributed by atoms with Crippen LogP contribution in [0.1, 0.15) is 30.5 Å². The first kappa shape index (κ1) is 12.6. The highest BCUT2D eigenvalue weighted by Crippen LogP contribution is 2.24. The van der Waals surface area contributed by atoms with Crippen LogP contribution in [0.15, 0.2) is 5.38 Å². The quantitative estimate of drug-likeness (QED) is 0.835. The minimum atomic E-state index is 0.400. The van der Waals surface area contributed by atoms with Crippen molar-refractivity contribution in [3.63, 3.8) is 0 Å². The number of rotatable bonds is 5. The fraction of sp³-hybridized carbons (Fsp3) is 0.727. The van der Waals surface area contributed by atoms with Gasteiger partial charge in [0.25, 0.3) is 0 Å². The van der Waals surface area contributed by atoms with Gasteiger partial charge in [0.1, 0.15) is 5.01 Å². The summed E-state index contributed by atoms with van der Waals surface area (Å²) >= 11 is 1.73. The van der Waals surface area contributed by atoms with E-state index >= 15 is 0 Å². The molecule has 1 aromatic heterocycles. The first-order valence-electron chi connectivity index (χ1n) is 5.33. The van der Waals surface area contributed by atoms with Gasteiger partial charge >= 0.3 is 0 Å². The molecule has 0 aromatic carbocycles. The summed E-state index contributed by atoms with van der Waals surface area (Å²) in [6, 6.07) is 0. The van der Waals surface area contributed by atoms with E-state index in [1.165, 1.54) is 5.01 Å². The minimum absolute atomic E-state index is 0.400. The van der Waals surface area contributed by atoms with Crippen molar-refractivity contribution in [2.45, 2.75) is 26.3 Å². The highest BCUT2D eigenvalue weighted by atomic mass is 32.1. The number of nitrogens with two attached hydrogens (primary N) is 1. The van der Waals surface area contributed by atoms with E-state index in [0.29, 0.717) is 18.4 Å². The SMILES string of the molecule is CC(C)C(CN)c1csc(CN(C)C)n1. The zero-order valence-corrected chi connectivity index (χ0v) is 10.8. The molecular formula is C11H21N3S. The number of hydrogen-bond acceptors (Lipinski definition) is 4. The fourth-order valence-electron chi connectivity index (χ4n) is 1.57. The van der Waals surface area contributed by atoms with Crippen molar-refractivity contribution >= 4 is 11.3 Å². The van der Waals surface area contributed by atoms with Gasteiger partial charge in [-0.1, -0.05) is 13.8 Å². The Kier molecular flexibility index (Phi) is 4.70. The monoisotopic (exact) mass is 227 g/mol. The maximum absolute atomic E-state index is 5.77. The lowest BCUT2D eigenvalue weighted by atomic mass is 9.93. The largest absolute Gasteiger partial charge is 0.330 e. The second-order valence-corrected chi connectivity index (χ2v) is 5.43. The molecule has 0 fully saturated rings. The molecule has 1 atom stereocenters. The molecule has 0 aliphatic heterocycles. The molecule has 1 rings (SSSR count). The summed E-state index contributed by atoms with van der Waals surface area (Å²) in [7, 11) is 4.12. The molecule has 0 spiro atoms. The summed E-state index contributed by atoms with van der Waals surface area (Å²) < 4.78 is 0. The van der Waals surface area contributed by atoms with Crippen molar-refractivity contribution in [2.75, 3.05) is 20.6 Å². The van der Waals surface area contributed by atoms with Crippen LogP contribution in [0.2, 0.25) is 0 Å². The second kappa shape index (κ2) is 5.58. The van der Waals surface area contributed by atoms with E-state index in [9.17, 15) is 0 Å². The van der Waals surface area contributed by atoms with Crippen LogP contribution in [-0.2, 0) is 6.54 Å². The van der Waals surface area contributed by atoms with Crippen molar-refractivity contribution in [3.8, 4) is 0 Å². The lowest BCUT2D eigenvalue weighted by molar-refractivity contribution is 0.400. The molecule has 1 heterocycles.